The zero-order chi connectivity index (χ0) is 16.8. The highest BCUT2D eigenvalue weighted by molar-refractivity contribution is 7.09. The SMILES string of the molecule is C=CCN(CC=C)C(=O)N1CCCC(c2nc(C(=O)O)cs2)C1. The van der Waals surface area contributed by atoms with E-state index >= 15 is 0 Å². The number of carboxylic acid groups (broad SMARTS) is 1. The number of amides is 2. The predicted octanol–water partition coefficient (Wildman–Crippen LogP) is 2.81. The Morgan fingerprint density at radius 1 is 1.43 bits per heavy atom. The third kappa shape index (κ3) is 4.19. The van der Waals surface area contributed by atoms with E-state index in [0.717, 1.165) is 17.8 Å². The molecular weight excluding hydrogens is 314 g/mol. The van der Waals surface area contributed by atoms with Crippen molar-refractivity contribution in [2.75, 3.05) is 26.2 Å². The van der Waals surface area contributed by atoms with Gasteiger partial charge >= 0.3 is 12.0 Å². The van der Waals surface area contributed by atoms with E-state index < -0.39 is 5.97 Å². The van der Waals surface area contributed by atoms with Crippen molar-refractivity contribution in [3.8, 4) is 0 Å². The molecule has 124 valence electrons. The lowest BCUT2D eigenvalue weighted by molar-refractivity contribution is 0.0690. The van der Waals surface area contributed by atoms with Gasteiger partial charge in [0.05, 0.1) is 5.01 Å². The third-order valence-electron chi connectivity index (χ3n) is 3.75. The molecule has 0 spiro atoms. The number of piperidine rings is 1. The fourth-order valence-electron chi connectivity index (χ4n) is 2.67. The molecule has 6 nitrogen and oxygen atoms in total. The van der Waals surface area contributed by atoms with Gasteiger partial charge in [-0.25, -0.2) is 14.6 Å². The number of rotatable bonds is 6. The second-order valence-electron chi connectivity index (χ2n) is 5.43. The van der Waals surface area contributed by atoms with Gasteiger partial charge in [-0.2, -0.15) is 0 Å². The van der Waals surface area contributed by atoms with Gasteiger partial charge in [0.2, 0.25) is 0 Å². The highest BCUT2D eigenvalue weighted by Crippen LogP contribution is 2.29. The summed E-state index contributed by atoms with van der Waals surface area (Å²) in [5.74, 6) is -0.917. The first-order valence-electron chi connectivity index (χ1n) is 7.51. The molecule has 1 N–H and O–H groups in total. The van der Waals surface area contributed by atoms with E-state index in [1.54, 1.807) is 22.4 Å². The van der Waals surface area contributed by atoms with Crippen LogP contribution < -0.4 is 0 Å². The van der Waals surface area contributed by atoms with Crippen molar-refractivity contribution in [2.45, 2.75) is 18.8 Å². The monoisotopic (exact) mass is 335 g/mol. The summed E-state index contributed by atoms with van der Waals surface area (Å²) < 4.78 is 0. The number of carbonyl (C=O) groups excluding carboxylic acids is 1. The maximum absolute atomic E-state index is 12.6. The van der Waals surface area contributed by atoms with Crippen molar-refractivity contribution in [3.05, 3.63) is 41.4 Å². The molecule has 2 amide bonds. The van der Waals surface area contributed by atoms with Crippen LogP contribution in [0, 0.1) is 0 Å². The Morgan fingerprint density at radius 2 is 2.13 bits per heavy atom. The number of aromatic carboxylic acids is 1. The van der Waals surface area contributed by atoms with Crippen molar-refractivity contribution in [3.63, 3.8) is 0 Å². The lowest BCUT2D eigenvalue weighted by Gasteiger charge is -2.35. The molecule has 0 radical (unpaired) electrons. The highest BCUT2D eigenvalue weighted by atomic mass is 32.1. The minimum atomic E-state index is -1.01. The predicted molar refractivity (Wildman–Crippen MR) is 90.0 cm³/mol. The normalized spacial score (nSPS) is 17.6. The van der Waals surface area contributed by atoms with Gasteiger partial charge in [0.15, 0.2) is 5.69 Å². The summed E-state index contributed by atoms with van der Waals surface area (Å²) in [6.45, 7) is 9.59. The zero-order valence-corrected chi connectivity index (χ0v) is 13.8. The summed E-state index contributed by atoms with van der Waals surface area (Å²) in [6, 6.07) is -0.0375. The first-order valence-corrected chi connectivity index (χ1v) is 8.39. The van der Waals surface area contributed by atoms with Gasteiger partial charge in [-0.3, -0.25) is 0 Å². The molecule has 23 heavy (non-hydrogen) atoms. The molecule has 2 heterocycles. The number of hydrogen-bond acceptors (Lipinski definition) is 4. The molecule has 1 atom stereocenters. The van der Waals surface area contributed by atoms with Crippen LogP contribution in [0.1, 0.15) is 34.3 Å². The van der Waals surface area contributed by atoms with Crippen molar-refractivity contribution >= 4 is 23.3 Å². The maximum Gasteiger partial charge on any atom is 0.355 e. The third-order valence-corrected chi connectivity index (χ3v) is 4.76. The Bertz CT molecular complexity index is 589. The molecule has 1 aromatic heterocycles. The van der Waals surface area contributed by atoms with Gasteiger partial charge in [-0.1, -0.05) is 12.2 Å². The van der Waals surface area contributed by atoms with E-state index in [2.05, 4.69) is 18.1 Å². The molecule has 2 rings (SSSR count). The molecule has 1 aliphatic heterocycles. The topological polar surface area (TPSA) is 73.7 Å². The Hall–Kier alpha value is -2.15. The molecule has 0 bridgehead atoms. The number of likely N-dealkylation sites (tertiary alicyclic amines) is 1. The quantitative estimate of drug-likeness (QED) is 0.811. The maximum atomic E-state index is 12.6. The summed E-state index contributed by atoms with van der Waals surface area (Å²) in [5, 5.41) is 11.3. The van der Waals surface area contributed by atoms with Crippen LogP contribution >= 0.6 is 11.3 Å². The van der Waals surface area contributed by atoms with Gasteiger partial charge in [0.25, 0.3) is 0 Å². The Morgan fingerprint density at radius 3 is 2.70 bits per heavy atom. The van der Waals surface area contributed by atoms with Crippen LogP contribution in [0.15, 0.2) is 30.7 Å². The van der Waals surface area contributed by atoms with E-state index in [0.29, 0.717) is 26.2 Å². The molecule has 0 saturated carbocycles. The minimum Gasteiger partial charge on any atom is -0.476 e. The molecule has 1 aliphatic rings. The smallest absolute Gasteiger partial charge is 0.355 e. The second kappa shape index (κ2) is 7.92. The van der Waals surface area contributed by atoms with Gasteiger partial charge in [0, 0.05) is 37.5 Å². The van der Waals surface area contributed by atoms with Gasteiger partial charge in [-0.15, -0.1) is 24.5 Å². The average molecular weight is 335 g/mol. The Kier molecular flexibility index (Phi) is 5.92. The number of carbonyl (C=O) groups is 2. The van der Waals surface area contributed by atoms with Crippen molar-refractivity contribution in [1.29, 1.82) is 0 Å². The van der Waals surface area contributed by atoms with Gasteiger partial charge in [-0.05, 0) is 12.8 Å². The zero-order valence-electron chi connectivity index (χ0n) is 13.0. The Labute approximate surface area is 139 Å². The first-order chi connectivity index (χ1) is 11.1. The van der Waals surface area contributed by atoms with Crippen molar-refractivity contribution in [2.24, 2.45) is 0 Å². The summed E-state index contributed by atoms with van der Waals surface area (Å²) in [4.78, 5) is 31.2. The van der Waals surface area contributed by atoms with Crippen molar-refractivity contribution < 1.29 is 14.7 Å². The number of hydrogen-bond donors (Lipinski definition) is 1. The molecule has 1 saturated heterocycles. The number of aromatic nitrogens is 1. The van der Waals surface area contributed by atoms with E-state index in [-0.39, 0.29) is 17.6 Å². The lowest BCUT2D eigenvalue weighted by Crippen LogP contribution is -2.47. The largest absolute Gasteiger partial charge is 0.476 e. The van der Waals surface area contributed by atoms with E-state index in [4.69, 9.17) is 5.11 Å². The van der Waals surface area contributed by atoms with Crippen LogP contribution in [0.2, 0.25) is 0 Å². The summed E-state index contributed by atoms with van der Waals surface area (Å²) in [7, 11) is 0. The van der Waals surface area contributed by atoms with Gasteiger partial charge in [0.1, 0.15) is 0 Å². The minimum absolute atomic E-state index is 0.0375. The first kappa shape index (κ1) is 17.2. The number of thiazole rings is 1. The number of nitrogens with zero attached hydrogens (tertiary/aromatic N) is 3. The van der Waals surface area contributed by atoms with Crippen LogP contribution in [0.3, 0.4) is 0 Å². The average Bonchev–Trinajstić information content (AvgIpc) is 3.04. The fourth-order valence-corrected chi connectivity index (χ4v) is 3.59. The molecular formula is C16H21N3O3S. The van der Waals surface area contributed by atoms with Crippen LogP contribution in [0.25, 0.3) is 0 Å². The number of carboxylic acids is 1. The molecule has 0 aliphatic carbocycles. The molecule has 0 aromatic carbocycles. The van der Waals surface area contributed by atoms with E-state index in [1.165, 1.54) is 11.3 Å². The molecule has 1 unspecified atom stereocenters. The van der Waals surface area contributed by atoms with Crippen molar-refractivity contribution in [1.82, 2.24) is 14.8 Å². The van der Waals surface area contributed by atoms with Crippen LogP contribution in [0.5, 0.6) is 0 Å². The van der Waals surface area contributed by atoms with E-state index in [9.17, 15) is 9.59 Å². The summed E-state index contributed by atoms with van der Waals surface area (Å²) in [6.07, 6.45) is 5.19. The van der Waals surface area contributed by atoms with E-state index in [1.807, 2.05) is 4.90 Å². The lowest BCUT2D eigenvalue weighted by atomic mass is 9.99. The fraction of sp³-hybridized carbons (Fsp3) is 0.438. The second-order valence-corrected chi connectivity index (χ2v) is 6.32. The van der Waals surface area contributed by atoms with Crippen LogP contribution in [0.4, 0.5) is 4.79 Å². The molecule has 1 fully saturated rings. The van der Waals surface area contributed by atoms with Crippen LogP contribution in [-0.4, -0.2) is 58.1 Å². The Balaban J connectivity index is 2.06. The molecule has 7 heteroatoms. The number of urea groups is 1. The van der Waals surface area contributed by atoms with Crippen LogP contribution in [-0.2, 0) is 0 Å². The highest BCUT2D eigenvalue weighted by Gasteiger charge is 2.29. The molecule has 1 aromatic rings. The summed E-state index contributed by atoms with van der Waals surface area (Å²) >= 11 is 1.35. The van der Waals surface area contributed by atoms with Gasteiger partial charge < -0.3 is 14.9 Å². The standard InChI is InChI=1S/C16H21N3O3S/c1-3-7-18(8-4-2)16(22)19-9-5-6-12(10-19)14-17-13(11-23-14)15(20)21/h3-4,11-12H,1-2,5-10H2,(H,20,21). The summed E-state index contributed by atoms with van der Waals surface area (Å²) in [5.41, 5.74) is 0.0772.